The second kappa shape index (κ2) is 3.14. The van der Waals surface area contributed by atoms with Gasteiger partial charge in [-0.1, -0.05) is 6.07 Å². The van der Waals surface area contributed by atoms with Gasteiger partial charge in [-0.15, -0.1) is 0 Å². The molecule has 0 aliphatic heterocycles. The van der Waals surface area contributed by atoms with Gasteiger partial charge in [-0.2, -0.15) is 0 Å². The number of hydrogen-bond acceptors (Lipinski definition) is 0. The van der Waals surface area contributed by atoms with Crippen LogP contribution in [0.25, 0.3) is 0 Å². The van der Waals surface area contributed by atoms with Crippen LogP contribution in [-0.2, 0) is 0 Å². The van der Waals surface area contributed by atoms with E-state index in [0.29, 0.717) is 0 Å². The summed E-state index contributed by atoms with van der Waals surface area (Å²) < 4.78 is 0. The highest BCUT2D eigenvalue weighted by atomic mass is 32.3. The summed E-state index contributed by atoms with van der Waals surface area (Å²) in [5, 5.41) is 0. The van der Waals surface area contributed by atoms with E-state index in [1.165, 1.54) is 16.0 Å². The maximum Gasteiger partial charge on any atom is -0.0101 e. The summed E-state index contributed by atoms with van der Waals surface area (Å²) in [4.78, 5) is 1.51. The minimum absolute atomic E-state index is 0.548. The smallest absolute Gasteiger partial charge is 0.0101 e. The Morgan fingerprint density at radius 3 is 1.58 bits per heavy atom. The molecule has 0 saturated heterocycles. The molecule has 1 aromatic carbocycles. The van der Waals surface area contributed by atoms with Crippen molar-refractivity contribution in [1.82, 2.24) is 0 Å². The van der Waals surface area contributed by atoms with E-state index in [1.54, 1.807) is 0 Å². The third kappa shape index (κ3) is 2.28. The molecule has 0 radical (unpaired) electrons. The second-order valence-electron chi connectivity index (χ2n) is 4.16. The van der Waals surface area contributed by atoms with Gasteiger partial charge in [-0.05, 0) is 60.8 Å². The molecular formula is C11H18S. The Bertz CT molecular complexity index is 261. The number of benzene rings is 1. The molecule has 0 bridgehead atoms. The Balaban J connectivity index is 3.18. The third-order valence-electron chi connectivity index (χ3n) is 1.90. The second-order valence-corrected chi connectivity index (χ2v) is 8.31. The standard InChI is InChI=1S/C11H18S/c1-9-6-10(2)8-11(7-9)12(3,4)5/h6-8H,1-5H3. The van der Waals surface area contributed by atoms with Gasteiger partial charge < -0.3 is 0 Å². The highest BCUT2D eigenvalue weighted by Gasteiger charge is 2.07. The van der Waals surface area contributed by atoms with Crippen LogP contribution in [0, 0.1) is 13.8 Å². The summed E-state index contributed by atoms with van der Waals surface area (Å²) in [7, 11) is -0.548. The van der Waals surface area contributed by atoms with Gasteiger partial charge in [-0.3, -0.25) is 0 Å². The molecule has 12 heavy (non-hydrogen) atoms. The lowest BCUT2D eigenvalue weighted by Crippen LogP contribution is -1.94. The molecule has 0 aliphatic carbocycles. The van der Waals surface area contributed by atoms with Crippen LogP contribution in [0.4, 0.5) is 0 Å². The Labute approximate surface area is 77.3 Å². The van der Waals surface area contributed by atoms with Crippen LogP contribution in [0.5, 0.6) is 0 Å². The molecule has 0 amide bonds. The van der Waals surface area contributed by atoms with Crippen LogP contribution in [-0.4, -0.2) is 18.8 Å². The Hall–Kier alpha value is -0.430. The zero-order valence-electron chi connectivity index (χ0n) is 8.64. The van der Waals surface area contributed by atoms with Gasteiger partial charge in [0.05, 0.1) is 0 Å². The predicted molar refractivity (Wildman–Crippen MR) is 59.5 cm³/mol. The van der Waals surface area contributed by atoms with E-state index in [-0.39, 0.29) is 0 Å². The van der Waals surface area contributed by atoms with E-state index in [1.807, 2.05) is 0 Å². The monoisotopic (exact) mass is 182 g/mol. The van der Waals surface area contributed by atoms with E-state index < -0.39 is 10.0 Å². The maximum atomic E-state index is 2.33. The minimum Gasteiger partial charge on any atom is -0.223 e. The maximum absolute atomic E-state index is 2.33. The Morgan fingerprint density at radius 1 is 0.833 bits per heavy atom. The Kier molecular flexibility index (Phi) is 2.52. The van der Waals surface area contributed by atoms with Gasteiger partial charge in [0.2, 0.25) is 0 Å². The largest absolute Gasteiger partial charge is 0.223 e. The highest BCUT2D eigenvalue weighted by Crippen LogP contribution is 2.45. The van der Waals surface area contributed by atoms with E-state index in [2.05, 4.69) is 50.8 Å². The molecule has 0 spiro atoms. The first-order valence-corrected chi connectivity index (χ1v) is 7.02. The molecular weight excluding hydrogens is 164 g/mol. The van der Waals surface area contributed by atoms with Crippen molar-refractivity contribution in [2.75, 3.05) is 18.8 Å². The van der Waals surface area contributed by atoms with Gasteiger partial charge in [0.25, 0.3) is 0 Å². The van der Waals surface area contributed by atoms with Crippen LogP contribution < -0.4 is 0 Å². The van der Waals surface area contributed by atoms with Crippen LogP contribution in [0.3, 0.4) is 0 Å². The van der Waals surface area contributed by atoms with Gasteiger partial charge in [0.1, 0.15) is 0 Å². The normalized spacial score (nSPS) is 13.1. The van der Waals surface area contributed by atoms with Gasteiger partial charge in [-0.25, -0.2) is 10.0 Å². The summed E-state index contributed by atoms with van der Waals surface area (Å²) in [5.74, 6) is 0. The van der Waals surface area contributed by atoms with Crippen molar-refractivity contribution in [2.24, 2.45) is 0 Å². The molecule has 1 rings (SSSR count). The molecule has 0 nitrogen and oxygen atoms in total. The topological polar surface area (TPSA) is 0 Å². The summed E-state index contributed by atoms with van der Waals surface area (Å²) in [6.45, 7) is 4.34. The fourth-order valence-corrected chi connectivity index (χ4v) is 2.37. The minimum atomic E-state index is -0.548. The first kappa shape index (κ1) is 9.66. The average molecular weight is 182 g/mol. The molecule has 0 aromatic heterocycles. The zero-order chi connectivity index (χ0) is 9.35. The van der Waals surface area contributed by atoms with Crippen molar-refractivity contribution < 1.29 is 0 Å². The van der Waals surface area contributed by atoms with E-state index >= 15 is 0 Å². The zero-order valence-corrected chi connectivity index (χ0v) is 9.46. The van der Waals surface area contributed by atoms with Crippen LogP contribution in [0.1, 0.15) is 11.1 Å². The third-order valence-corrected chi connectivity index (χ3v) is 3.55. The fraction of sp³-hybridized carbons (Fsp3) is 0.455. The average Bonchev–Trinajstić information content (AvgIpc) is 1.82. The first-order chi connectivity index (χ1) is 5.39. The molecule has 1 heteroatoms. The molecule has 68 valence electrons. The van der Waals surface area contributed by atoms with Gasteiger partial charge >= 0.3 is 0 Å². The summed E-state index contributed by atoms with van der Waals surface area (Å²) in [6, 6.07) is 6.85. The lowest BCUT2D eigenvalue weighted by Gasteiger charge is -2.26. The summed E-state index contributed by atoms with van der Waals surface area (Å²) in [5.41, 5.74) is 2.76. The van der Waals surface area contributed by atoms with Crippen molar-refractivity contribution >= 4 is 10.0 Å². The first-order valence-electron chi connectivity index (χ1n) is 4.16. The van der Waals surface area contributed by atoms with Gasteiger partial charge in [0, 0.05) is 0 Å². The SMILES string of the molecule is Cc1cc(C)cc(S(C)(C)C)c1. The van der Waals surface area contributed by atoms with Gasteiger partial charge in [0.15, 0.2) is 0 Å². The predicted octanol–water partition coefficient (Wildman–Crippen LogP) is 3.36. The van der Waals surface area contributed by atoms with Crippen LogP contribution in [0.15, 0.2) is 23.1 Å². The van der Waals surface area contributed by atoms with Crippen molar-refractivity contribution in [2.45, 2.75) is 18.7 Å². The molecule has 0 N–H and O–H groups in total. The molecule has 0 fully saturated rings. The summed E-state index contributed by atoms with van der Waals surface area (Å²) in [6.07, 6.45) is 7.00. The fourth-order valence-electron chi connectivity index (χ4n) is 1.29. The number of aryl methyl sites for hydroxylation is 2. The Morgan fingerprint density at radius 2 is 1.25 bits per heavy atom. The van der Waals surface area contributed by atoms with Crippen LogP contribution in [0.2, 0.25) is 0 Å². The van der Waals surface area contributed by atoms with Crippen LogP contribution >= 0.6 is 10.0 Å². The number of rotatable bonds is 1. The molecule has 0 aliphatic rings. The summed E-state index contributed by atoms with van der Waals surface area (Å²) >= 11 is 0. The molecule has 0 heterocycles. The van der Waals surface area contributed by atoms with Crippen molar-refractivity contribution in [3.8, 4) is 0 Å². The quantitative estimate of drug-likeness (QED) is 0.625. The lowest BCUT2D eigenvalue weighted by atomic mass is 10.2. The lowest BCUT2D eigenvalue weighted by molar-refractivity contribution is 1.29. The van der Waals surface area contributed by atoms with E-state index in [4.69, 9.17) is 0 Å². The molecule has 1 aromatic rings. The van der Waals surface area contributed by atoms with Crippen molar-refractivity contribution in [3.63, 3.8) is 0 Å². The number of hydrogen-bond donors (Lipinski definition) is 0. The van der Waals surface area contributed by atoms with E-state index in [9.17, 15) is 0 Å². The van der Waals surface area contributed by atoms with E-state index in [0.717, 1.165) is 0 Å². The molecule has 0 saturated carbocycles. The van der Waals surface area contributed by atoms with Crippen molar-refractivity contribution in [1.29, 1.82) is 0 Å². The highest BCUT2D eigenvalue weighted by molar-refractivity contribution is 8.32. The van der Waals surface area contributed by atoms with Crippen molar-refractivity contribution in [3.05, 3.63) is 29.3 Å². The molecule has 0 atom stereocenters. The molecule has 0 unspecified atom stereocenters.